The third-order valence-electron chi connectivity index (χ3n) is 7.11. The van der Waals surface area contributed by atoms with E-state index in [9.17, 15) is 15.0 Å². The Balaban J connectivity index is 1.81. The first-order chi connectivity index (χ1) is 14.0. The van der Waals surface area contributed by atoms with Crippen molar-refractivity contribution in [2.45, 2.75) is 56.0 Å². The van der Waals surface area contributed by atoms with Gasteiger partial charge in [-0.15, -0.1) is 0 Å². The summed E-state index contributed by atoms with van der Waals surface area (Å²) in [7, 11) is 1.65. The van der Waals surface area contributed by atoms with Gasteiger partial charge in [0.15, 0.2) is 0 Å². The fourth-order valence-corrected chi connectivity index (χ4v) is 5.79. The lowest BCUT2D eigenvalue weighted by molar-refractivity contribution is -0.0898. The second kappa shape index (κ2) is 7.92. The van der Waals surface area contributed by atoms with E-state index in [2.05, 4.69) is 30.3 Å². The number of aryl methyl sites for hydroxylation is 1. The van der Waals surface area contributed by atoms with Gasteiger partial charge in [0.1, 0.15) is 0 Å². The lowest BCUT2D eigenvalue weighted by Gasteiger charge is -2.50. The summed E-state index contributed by atoms with van der Waals surface area (Å²) in [6.45, 7) is 0.371. The Morgan fingerprint density at radius 3 is 2.69 bits per heavy atom. The van der Waals surface area contributed by atoms with Crippen LogP contribution in [0.1, 0.15) is 59.2 Å². The van der Waals surface area contributed by atoms with Crippen molar-refractivity contribution in [1.82, 2.24) is 0 Å². The van der Waals surface area contributed by atoms with Gasteiger partial charge in [0.25, 0.3) is 0 Å². The maximum Gasteiger partial charge on any atom is 0.335 e. The van der Waals surface area contributed by atoms with E-state index < -0.39 is 11.6 Å². The number of aromatic carboxylic acids is 1. The van der Waals surface area contributed by atoms with E-state index in [0.29, 0.717) is 24.5 Å². The molecule has 0 saturated heterocycles. The Kier molecular flexibility index (Phi) is 5.50. The van der Waals surface area contributed by atoms with Gasteiger partial charge in [0, 0.05) is 12.5 Å². The number of benzene rings is 2. The topological polar surface area (TPSA) is 66.8 Å². The van der Waals surface area contributed by atoms with Crippen LogP contribution in [-0.2, 0) is 23.0 Å². The number of aliphatic hydroxyl groups is 1. The summed E-state index contributed by atoms with van der Waals surface area (Å²) in [5.41, 5.74) is 3.26. The maximum absolute atomic E-state index is 11.5. The number of carbonyl (C=O) groups is 1. The van der Waals surface area contributed by atoms with Crippen LogP contribution in [0.2, 0.25) is 0 Å². The quantitative estimate of drug-likeness (QED) is 0.790. The van der Waals surface area contributed by atoms with Gasteiger partial charge in [-0.25, -0.2) is 4.79 Å². The van der Waals surface area contributed by atoms with Crippen LogP contribution in [-0.4, -0.2) is 35.5 Å². The Morgan fingerprint density at radius 2 is 1.97 bits per heavy atom. The van der Waals surface area contributed by atoms with Crippen molar-refractivity contribution in [3.05, 3.63) is 70.8 Å². The summed E-state index contributed by atoms with van der Waals surface area (Å²) in [4.78, 5) is 11.5. The van der Waals surface area contributed by atoms with Gasteiger partial charge in [0.05, 0.1) is 17.8 Å². The molecule has 2 N–H and O–H groups in total. The first-order valence-corrected chi connectivity index (χ1v) is 10.6. The molecule has 4 nitrogen and oxygen atoms in total. The molecule has 4 rings (SSSR count). The molecule has 0 amide bonds. The summed E-state index contributed by atoms with van der Waals surface area (Å²) in [6.07, 6.45) is 6.17. The number of carboxylic acids is 1. The van der Waals surface area contributed by atoms with Crippen molar-refractivity contribution in [3.8, 4) is 0 Å². The van der Waals surface area contributed by atoms with Gasteiger partial charge < -0.3 is 14.9 Å². The van der Waals surface area contributed by atoms with E-state index in [0.717, 1.165) is 38.5 Å². The van der Waals surface area contributed by atoms with Gasteiger partial charge in [-0.2, -0.15) is 0 Å². The summed E-state index contributed by atoms with van der Waals surface area (Å²) in [5, 5.41) is 20.6. The van der Waals surface area contributed by atoms with E-state index in [1.807, 2.05) is 12.1 Å². The molecule has 2 aliphatic carbocycles. The molecular weight excluding hydrogens is 364 g/mol. The molecule has 1 saturated carbocycles. The Bertz CT molecular complexity index is 878. The highest BCUT2D eigenvalue weighted by atomic mass is 16.5. The van der Waals surface area contributed by atoms with Gasteiger partial charge in [0.2, 0.25) is 0 Å². The normalized spacial score (nSPS) is 28.8. The van der Waals surface area contributed by atoms with E-state index in [4.69, 9.17) is 4.74 Å². The number of ether oxygens (including phenoxy) is 1. The third kappa shape index (κ3) is 3.84. The van der Waals surface area contributed by atoms with Gasteiger partial charge in [-0.3, -0.25) is 0 Å². The van der Waals surface area contributed by atoms with E-state index in [1.54, 1.807) is 13.2 Å². The average Bonchev–Trinajstić information content (AvgIpc) is 2.85. The zero-order valence-corrected chi connectivity index (χ0v) is 17.1. The van der Waals surface area contributed by atoms with Crippen molar-refractivity contribution >= 4 is 5.97 Å². The minimum Gasteiger partial charge on any atom is -0.478 e. The summed E-state index contributed by atoms with van der Waals surface area (Å²) in [6, 6.07) is 16.2. The van der Waals surface area contributed by atoms with Crippen molar-refractivity contribution in [2.24, 2.45) is 5.92 Å². The molecule has 0 heterocycles. The second-order valence-electron chi connectivity index (χ2n) is 8.95. The monoisotopic (exact) mass is 394 g/mol. The van der Waals surface area contributed by atoms with Crippen LogP contribution in [0.5, 0.6) is 0 Å². The molecule has 29 heavy (non-hydrogen) atoms. The average molecular weight is 395 g/mol. The van der Waals surface area contributed by atoms with Crippen molar-refractivity contribution in [1.29, 1.82) is 0 Å². The maximum atomic E-state index is 11.5. The number of rotatable bonds is 5. The molecule has 0 aliphatic heterocycles. The van der Waals surface area contributed by atoms with Gasteiger partial charge in [-0.1, -0.05) is 36.4 Å². The predicted molar refractivity (Wildman–Crippen MR) is 112 cm³/mol. The largest absolute Gasteiger partial charge is 0.478 e. The Hall–Kier alpha value is -2.17. The van der Waals surface area contributed by atoms with Crippen molar-refractivity contribution < 1.29 is 19.7 Å². The molecule has 2 aliphatic rings. The molecule has 0 bridgehead atoms. The molecule has 1 fully saturated rings. The highest BCUT2D eigenvalue weighted by molar-refractivity contribution is 5.88. The zero-order valence-electron chi connectivity index (χ0n) is 17.1. The van der Waals surface area contributed by atoms with Crippen molar-refractivity contribution in [2.75, 3.05) is 13.7 Å². The van der Waals surface area contributed by atoms with Gasteiger partial charge in [-0.05, 0) is 79.7 Å². The fourth-order valence-electron chi connectivity index (χ4n) is 5.79. The first-order valence-electron chi connectivity index (χ1n) is 10.6. The minimum atomic E-state index is -0.871. The molecule has 154 valence electrons. The Morgan fingerprint density at radius 1 is 1.17 bits per heavy atom. The molecule has 0 radical (unpaired) electrons. The smallest absolute Gasteiger partial charge is 0.335 e. The van der Waals surface area contributed by atoms with Crippen LogP contribution in [0.4, 0.5) is 0 Å². The van der Waals surface area contributed by atoms with Crippen LogP contribution >= 0.6 is 0 Å². The molecule has 0 unspecified atom stereocenters. The van der Waals surface area contributed by atoms with E-state index in [1.165, 1.54) is 16.7 Å². The number of carboxylic acid groups (broad SMARTS) is 1. The van der Waals surface area contributed by atoms with Crippen molar-refractivity contribution in [3.63, 3.8) is 0 Å². The molecule has 2 aromatic carbocycles. The third-order valence-corrected chi connectivity index (χ3v) is 7.11. The molecule has 4 heteroatoms. The molecule has 0 aromatic heterocycles. The van der Waals surface area contributed by atoms with Crippen LogP contribution in [0.15, 0.2) is 48.5 Å². The minimum absolute atomic E-state index is 0.0792. The fraction of sp³-hybridized carbons (Fsp3) is 0.480. The molecule has 0 spiro atoms. The van der Waals surface area contributed by atoms with Crippen LogP contribution < -0.4 is 0 Å². The molecule has 3 atom stereocenters. The van der Waals surface area contributed by atoms with Crippen LogP contribution in [0.3, 0.4) is 0 Å². The lowest BCUT2D eigenvalue weighted by Crippen LogP contribution is -2.50. The van der Waals surface area contributed by atoms with E-state index >= 15 is 0 Å². The molecule has 2 aromatic rings. The zero-order chi connectivity index (χ0) is 20.5. The second-order valence-corrected chi connectivity index (χ2v) is 8.95. The Labute approximate surface area is 172 Å². The van der Waals surface area contributed by atoms with Gasteiger partial charge >= 0.3 is 5.97 Å². The first kappa shape index (κ1) is 20.1. The summed E-state index contributed by atoms with van der Waals surface area (Å²) >= 11 is 0. The summed E-state index contributed by atoms with van der Waals surface area (Å²) in [5.74, 6) is -0.530. The number of hydrogen-bond acceptors (Lipinski definition) is 3. The SMILES string of the molecule is COC[C@@]1(O)CC[C@@]2(Cc3ccccc3)c3ccc(C(=O)O)cc3CCC[C@H]2C1. The predicted octanol–water partition coefficient (Wildman–Crippen LogP) is 4.38. The number of fused-ring (bicyclic) bond motifs is 3. The number of hydrogen-bond donors (Lipinski definition) is 2. The lowest BCUT2D eigenvalue weighted by atomic mass is 9.56. The highest BCUT2D eigenvalue weighted by Gasteiger charge is 2.50. The summed E-state index contributed by atoms with van der Waals surface area (Å²) < 4.78 is 5.34. The van der Waals surface area contributed by atoms with Crippen LogP contribution in [0.25, 0.3) is 0 Å². The standard InChI is InChI=1S/C25H30O4/c1-29-17-24(28)12-13-25(15-18-6-3-2-4-7-18)21(16-24)9-5-8-19-14-20(23(26)27)10-11-22(19)25/h2-4,6-7,10-11,14,21,28H,5,8-9,12-13,15-17H2,1H3,(H,26,27)/t21-,24+,25-/m0/s1. The number of methoxy groups -OCH3 is 1. The van der Waals surface area contributed by atoms with E-state index in [-0.39, 0.29) is 5.41 Å². The van der Waals surface area contributed by atoms with Crippen LogP contribution in [0, 0.1) is 5.92 Å². The highest BCUT2D eigenvalue weighted by Crippen LogP contribution is 2.53. The molecular formula is C25H30O4.